The first-order chi connectivity index (χ1) is 6.83. The van der Waals surface area contributed by atoms with Gasteiger partial charge in [0.05, 0.1) is 0 Å². The average molecular weight is 251 g/mol. The summed E-state index contributed by atoms with van der Waals surface area (Å²) in [5.74, 6) is -1.61. The van der Waals surface area contributed by atoms with Crippen molar-refractivity contribution in [2.45, 2.75) is 37.5 Å². The maximum Gasteiger partial charge on any atom is 0.452 e. The van der Waals surface area contributed by atoms with Gasteiger partial charge in [-0.15, -0.1) is 0 Å². The first-order valence-corrected chi connectivity index (χ1v) is 4.00. The molecule has 0 aromatic heterocycles. The Kier molecular flexibility index (Phi) is 2.47. The fourth-order valence-corrected chi connectivity index (χ4v) is 1.20. The molecule has 1 fully saturated rings. The normalized spacial score (nSPS) is 24.4. The molecule has 1 rings (SSSR count). The van der Waals surface area contributed by atoms with Crippen LogP contribution < -0.4 is 5.32 Å². The molecule has 3 nitrogen and oxygen atoms in total. The average Bonchev–Trinajstić information content (AvgIpc) is 2.21. The van der Waals surface area contributed by atoms with Gasteiger partial charge < -0.3 is 4.74 Å². The minimum Gasteiger partial charge on any atom is -0.423 e. The van der Waals surface area contributed by atoms with Gasteiger partial charge in [-0.3, -0.25) is 0 Å². The predicted octanol–water partition coefficient (Wildman–Crippen LogP) is 1.73. The van der Waals surface area contributed by atoms with Gasteiger partial charge in [0.1, 0.15) is 5.54 Å². The van der Waals surface area contributed by atoms with Crippen molar-refractivity contribution in [1.82, 2.24) is 5.32 Å². The Labute approximate surface area is 85.7 Å². The zero-order valence-electron chi connectivity index (χ0n) is 8.08. The summed E-state index contributed by atoms with van der Waals surface area (Å²) >= 11 is 0. The van der Waals surface area contributed by atoms with Crippen molar-refractivity contribution in [3.63, 3.8) is 0 Å². The van der Waals surface area contributed by atoms with Crippen LogP contribution in [-0.2, 0) is 9.53 Å². The van der Waals surface area contributed by atoms with Gasteiger partial charge >= 0.3 is 24.0 Å². The standard InChI is InChI=1S/C7H7F6NO2/c1-4(2)3(15)16-5(14-4,6(8,9)10)7(11,12)13/h14H,1-2H3. The first-order valence-electron chi connectivity index (χ1n) is 4.00. The smallest absolute Gasteiger partial charge is 0.423 e. The van der Waals surface area contributed by atoms with E-state index in [0.29, 0.717) is 0 Å². The maximum absolute atomic E-state index is 12.4. The Morgan fingerprint density at radius 1 is 1.06 bits per heavy atom. The summed E-state index contributed by atoms with van der Waals surface area (Å²) in [5.41, 5.74) is -6.67. The number of carbonyl (C=O) groups excluding carboxylic acids is 1. The molecular formula is C7H7F6NO2. The molecule has 1 heterocycles. The molecule has 0 saturated carbocycles. The third kappa shape index (κ3) is 1.62. The Morgan fingerprint density at radius 2 is 1.44 bits per heavy atom. The molecule has 1 aliphatic rings. The van der Waals surface area contributed by atoms with Crippen molar-refractivity contribution < 1.29 is 35.9 Å². The molecule has 0 atom stereocenters. The van der Waals surface area contributed by atoms with Crippen molar-refractivity contribution in [2.75, 3.05) is 0 Å². The lowest BCUT2D eigenvalue weighted by molar-refractivity contribution is -0.370. The lowest BCUT2D eigenvalue weighted by Gasteiger charge is -2.32. The van der Waals surface area contributed by atoms with E-state index in [-0.39, 0.29) is 0 Å². The van der Waals surface area contributed by atoms with E-state index >= 15 is 0 Å². The van der Waals surface area contributed by atoms with Gasteiger partial charge in [-0.2, -0.15) is 26.3 Å². The van der Waals surface area contributed by atoms with Crippen molar-refractivity contribution >= 4 is 5.97 Å². The molecule has 0 unspecified atom stereocenters. The summed E-state index contributed by atoms with van der Waals surface area (Å²) in [7, 11) is 0. The molecule has 1 N–H and O–H groups in total. The van der Waals surface area contributed by atoms with E-state index in [1.54, 1.807) is 0 Å². The molecule has 0 aromatic carbocycles. The molecule has 0 aliphatic carbocycles. The van der Waals surface area contributed by atoms with Crippen LogP contribution in [0.2, 0.25) is 0 Å². The van der Waals surface area contributed by atoms with Gasteiger partial charge in [0.25, 0.3) is 0 Å². The lowest BCUT2D eigenvalue weighted by atomic mass is 10.1. The van der Waals surface area contributed by atoms with Gasteiger partial charge in [0.15, 0.2) is 0 Å². The number of hydrogen-bond acceptors (Lipinski definition) is 3. The molecular weight excluding hydrogens is 244 g/mol. The van der Waals surface area contributed by atoms with Crippen LogP contribution in [0.5, 0.6) is 0 Å². The number of hydrogen-bond donors (Lipinski definition) is 1. The molecule has 0 bridgehead atoms. The van der Waals surface area contributed by atoms with E-state index in [0.717, 1.165) is 19.2 Å². The number of ether oxygens (including phenoxy) is 1. The van der Waals surface area contributed by atoms with E-state index in [1.165, 1.54) is 0 Å². The third-order valence-electron chi connectivity index (χ3n) is 2.04. The number of rotatable bonds is 0. The number of cyclic esters (lactones) is 1. The fourth-order valence-electron chi connectivity index (χ4n) is 1.20. The van der Waals surface area contributed by atoms with E-state index in [4.69, 9.17) is 0 Å². The van der Waals surface area contributed by atoms with Gasteiger partial charge in [-0.25, -0.2) is 10.1 Å². The first kappa shape index (κ1) is 13.1. The van der Waals surface area contributed by atoms with Crippen molar-refractivity contribution in [2.24, 2.45) is 0 Å². The van der Waals surface area contributed by atoms with Crippen molar-refractivity contribution in [3.05, 3.63) is 0 Å². The maximum atomic E-state index is 12.4. The molecule has 0 aromatic rings. The zero-order valence-corrected chi connectivity index (χ0v) is 8.08. The monoisotopic (exact) mass is 251 g/mol. The van der Waals surface area contributed by atoms with Crippen molar-refractivity contribution in [3.8, 4) is 0 Å². The van der Waals surface area contributed by atoms with Gasteiger partial charge in [-0.1, -0.05) is 0 Å². The summed E-state index contributed by atoms with van der Waals surface area (Å²) in [6, 6.07) is 0. The highest BCUT2D eigenvalue weighted by atomic mass is 19.4. The Hall–Kier alpha value is -0.990. The van der Waals surface area contributed by atoms with E-state index in [9.17, 15) is 31.1 Å². The number of nitrogens with one attached hydrogen (secondary N) is 1. The number of carbonyl (C=O) groups is 1. The Balaban J connectivity index is 3.28. The summed E-state index contributed by atoms with van der Waals surface area (Å²) in [6.45, 7) is 1.74. The highest BCUT2D eigenvalue weighted by Gasteiger charge is 2.79. The summed E-state index contributed by atoms with van der Waals surface area (Å²) in [6.07, 6.45) is -11.6. The number of alkyl halides is 6. The third-order valence-corrected chi connectivity index (χ3v) is 2.04. The summed E-state index contributed by atoms with van der Waals surface area (Å²) in [4.78, 5) is 10.9. The number of esters is 1. The van der Waals surface area contributed by atoms with Crippen LogP contribution in [0.3, 0.4) is 0 Å². The van der Waals surface area contributed by atoms with Gasteiger partial charge in [0.2, 0.25) is 0 Å². The largest absolute Gasteiger partial charge is 0.452 e. The van der Waals surface area contributed by atoms with Crippen LogP contribution in [0.1, 0.15) is 13.8 Å². The summed E-state index contributed by atoms with van der Waals surface area (Å²) < 4.78 is 77.7. The van der Waals surface area contributed by atoms with Crippen LogP contribution >= 0.6 is 0 Å². The minimum absolute atomic E-state index is 0.870. The Bertz CT molecular complexity index is 304. The molecule has 1 saturated heterocycles. The van der Waals surface area contributed by atoms with E-state index < -0.39 is 29.6 Å². The second-order valence-corrected chi connectivity index (χ2v) is 3.82. The second kappa shape index (κ2) is 3.02. The van der Waals surface area contributed by atoms with Crippen LogP contribution in [0.15, 0.2) is 0 Å². The molecule has 1 aliphatic heterocycles. The van der Waals surface area contributed by atoms with Gasteiger partial charge in [0, 0.05) is 0 Å². The van der Waals surface area contributed by atoms with Crippen LogP contribution in [0, 0.1) is 0 Å². The highest BCUT2D eigenvalue weighted by molar-refractivity contribution is 5.82. The van der Waals surface area contributed by atoms with E-state index in [2.05, 4.69) is 4.74 Å². The van der Waals surface area contributed by atoms with Crippen LogP contribution in [0.4, 0.5) is 26.3 Å². The molecule has 16 heavy (non-hydrogen) atoms. The van der Waals surface area contributed by atoms with Crippen molar-refractivity contribution in [1.29, 1.82) is 0 Å². The van der Waals surface area contributed by atoms with E-state index in [1.807, 2.05) is 0 Å². The minimum atomic E-state index is -5.78. The highest BCUT2D eigenvalue weighted by Crippen LogP contribution is 2.48. The predicted molar refractivity (Wildman–Crippen MR) is 38.1 cm³/mol. The van der Waals surface area contributed by atoms with Crippen LogP contribution in [-0.4, -0.2) is 29.6 Å². The quantitative estimate of drug-likeness (QED) is 0.526. The topological polar surface area (TPSA) is 38.3 Å². The second-order valence-electron chi connectivity index (χ2n) is 3.82. The molecule has 94 valence electrons. The Morgan fingerprint density at radius 3 is 1.56 bits per heavy atom. The van der Waals surface area contributed by atoms with Crippen LogP contribution in [0.25, 0.3) is 0 Å². The lowest BCUT2D eigenvalue weighted by Crippen LogP contribution is -2.66. The molecule has 0 spiro atoms. The number of halogens is 6. The zero-order chi connectivity index (χ0) is 13.0. The SMILES string of the molecule is CC1(C)NC(C(F)(F)F)(C(F)(F)F)OC1=O. The molecule has 0 radical (unpaired) electrons. The summed E-state index contributed by atoms with van der Waals surface area (Å²) in [5, 5.41) is 1.15. The molecule has 0 amide bonds. The van der Waals surface area contributed by atoms with Gasteiger partial charge in [-0.05, 0) is 13.8 Å². The molecule has 9 heteroatoms. The fraction of sp³-hybridized carbons (Fsp3) is 0.857.